The molecule has 3 fully saturated rings. The van der Waals surface area contributed by atoms with Gasteiger partial charge in [0.05, 0.1) is 33.3 Å². The van der Waals surface area contributed by atoms with Gasteiger partial charge in [0.1, 0.15) is 0 Å². The van der Waals surface area contributed by atoms with Crippen LogP contribution >= 0.6 is 11.3 Å². The molecule has 23 heavy (non-hydrogen) atoms. The molecule has 2 bridgehead atoms. The average Bonchev–Trinajstić information content (AvgIpc) is 3.25. The average molecular weight is 328 g/mol. The molecule has 2 amide bonds. The number of hydrogen-bond donors (Lipinski definition) is 0. The molecule has 3 saturated heterocycles. The molecule has 118 valence electrons. The Balaban J connectivity index is 1.68. The van der Waals surface area contributed by atoms with Gasteiger partial charge in [-0.1, -0.05) is 23.5 Å². The van der Waals surface area contributed by atoms with E-state index in [4.69, 9.17) is 4.74 Å². The number of aromatic nitrogens is 1. The summed E-state index contributed by atoms with van der Waals surface area (Å²) in [7, 11) is 0. The van der Waals surface area contributed by atoms with Gasteiger partial charge < -0.3 is 4.74 Å². The van der Waals surface area contributed by atoms with Gasteiger partial charge in [-0.15, -0.1) is 0 Å². The van der Waals surface area contributed by atoms with Crippen LogP contribution in [0.5, 0.6) is 0 Å². The topological polar surface area (TPSA) is 59.5 Å². The van der Waals surface area contributed by atoms with Crippen molar-refractivity contribution in [1.29, 1.82) is 0 Å². The minimum absolute atomic E-state index is 0.156. The second-order valence-electron chi connectivity index (χ2n) is 7.01. The third kappa shape index (κ3) is 1.32. The summed E-state index contributed by atoms with van der Waals surface area (Å²) in [5.41, 5.74) is -0.727. The molecule has 0 aliphatic carbocycles. The van der Waals surface area contributed by atoms with E-state index < -0.39 is 10.8 Å². The van der Waals surface area contributed by atoms with Crippen molar-refractivity contribution in [2.75, 3.05) is 4.90 Å². The summed E-state index contributed by atoms with van der Waals surface area (Å²) in [5.74, 6) is -0.312. The first-order valence-corrected chi connectivity index (χ1v) is 8.69. The first-order chi connectivity index (χ1) is 11.0. The molecule has 6 heteroatoms. The van der Waals surface area contributed by atoms with Crippen LogP contribution in [0.3, 0.4) is 0 Å². The summed E-state index contributed by atoms with van der Waals surface area (Å²) < 4.78 is 6.93. The number of benzene rings is 1. The summed E-state index contributed by atoms with van der Waals surface area (Å²) in [4.78, 5) is 32.2. The number of hydrogen-bond acceptors (Lipinski definition) is 5. The zero-order valence-electron chi connectivity index (χ0n) is 12.9. The highest BCUT2D eigenvalue weighted by Crippen LogP contribution is 2.64. The fourth-order valence-electron chi connectivity index (χ4n) is 4.56. The SMILES string of the molecule is C[C@@]12C(=O)N(c3nc4ccccc4s3)C(=O)[C@]1(C)[C@@H]1CC[C@H]2O1. The lowest BCUT2D eigenvalue weighted by atomic mass is 9.59. The van der Waals surface area contributed by atoms with Crippen LogP contribution in [-0.4, -0.2) is 29.0 Å². The van der Waals surface area contributed by atoms with Gasteiger partial charge in [-0.05, 0) is 38.8 Å². The number of anilines is 1. The Bertz CT molecular complexity index is 811. The van der Waals surface area contributed by atoms with Gasteiger partial charge in [0, 0.05) is 0 Å². The third-order valence-electron chi connectivity index (χ3n) is 6.15. The minimum atomic E-state index is -0.773. The Hall–Kier alpha value is -1.79. The number of amides is 2. The highest BCUT2D eigenvalue weighted by atomic mass is 32.1. The maximum absolute atomic E-state index is 13.2. The third-order valence-corrected chi connectivity index (χ3v) is 7.18. The van der Waals surface area contributed by atoms with Gasteiger partial charge in [0.2, 0.25) is 11.8 Å². The first-order valence-electron chi connectivity index (χ1n) is 7.88. The molecule has 4 atom stereocenters. The fraction of sp³-hybridized carbons (Fsp3) is 0.471. The molecule has 5 nitrogen and oxygen atoms in total. The predicted molar refractivity (Wildman–Crippen MR) is 86.2 cm³/mol. The van der Waals surface area contributed by atoms with Crippen LogP contribution in [0, 0.1) is 10.8 Å². The van der Waals surface area contributed by atoms with E-state index in [1.807, 2.05) is 38.1 Å². The van der Waals surface area contributed by atoms with Crippen LogP contribution in [0.15, 0.2) is 24.3 Å². The Morgan fingerprint density at radius 3 is 2.35 bits per heavy atom. The summed E-state index contributed by atoms with van der Waals surface area (Å²) >= 11 is 1.39. The number of para-hydroxylation sites is 1. The summed E-state index contributed by atoms with van der Waals surface area (Å²) in [6, 6.07) is 7.70. The number of nitrogens with zero attached hydrogens (tertiary/aromatic N) is 2. The number of ether oxygens (including phenoxy) is 1. The zero-order chi connectivity index (χ0) is 16.0. The van der Waals surface area contributed by atoms with E-state index >= 15 is 0 Å². The second kappa shape index (κ2) is 3.99. The minimum Gasteiger partial charge on any atom is -0.373 e. The van der Waals surface area contributed by atoms with Crippen LogP contribution < -0.4 is 4.90 Å². The largest absolute Gasteiger partial charge is 0.373 e. The molecule has 3 aliphatic rings. The van der Waals surface area contributed by atoms with Crippen LogP contribution in [-0.2, 0) is 14.3 Å². The Kier molecular flexibility index (Phi) is 2.37. The Morgan fingerprint density at radius 2 is 1.74 bits per heavy atom. The van der Waals surface area contributed by atoms with Gasteiger partial charge in [-0.2, -0.15) is 0 Å². The molecular formula is C17H16N2O3S. The highest BCUT2D eigenvalue weighted by Gasteiger charge is 2.77. The van der Waals surface area contributed by atoms with Crippen LogP contribution in [0.25, 0.3) is 10.2 Å². The maximum Gasteiger partial charge on any atom is 0.245 e. The lowest BCUT2D eigenvalue weighted by Crippen LogP contribution is -2.48. The maximum atomic E-state index is 13.2. The van der Waals surface area contributed by atoms with Gasteiger partial charge in [0.25, 0.3) is 0 Å². The molecule has 1 aromatic carbocycles. The van der Waals surface area contributed by atoms with E-state index in [1.165, 1.54) is 16.2 Å². The quantitative estimate of drug-likeness (QED) is 0.755. The number of carbonyl (C=O) groups is 2. The van der Waals surface area contributed by atoms with Crippen LogP contribution in [0.2, 0.25) is 0 Å². The number of thiazole rings is 1. The van der Waals surface area contributed by atoms with Crippen molar-refractivity contribution in [1.82, 2.24) is 4.98 Å². The van der Waals surface area contributed by atoms with Crippen molar-refractivity contribution in [3.05, 3.63) is 24.3 Å². The molecule has 3 aliphatic heterocycles. The molecule has 0 N–H and O–H groups in total. The monoisotopic (exact) mass is 328 g/mol. The number of carbonyl (C=O) groups excluding carboxylic acids is 2. The van der Waals surface area contributed by atoms with Crippen molar-refractivity contribution in [2.45, 2.75) is 38.9 Å². The molecule has 0 spiro atoms. The van der Waals surface area contributed by atoms with Gasteiger partial charge in [0.15, 0.2) is 5.13 Å². The Morgan fingerprint density at radius 1 is 1.13 bits per heavy atom. The molecule has 5 rings (SSSR count). The van der Waals surface area contributed by atoms with Crippen LogP contribution in [0.1, 0.15) is 26.7 Å². The molecule has 0 radical (unpaired) electrons. The zero-order valence-corrected chi connectivity index (χ0v) is 13.7. The number of rotatable bonds is 1. The van der Waals surface area contributed by atoms with E-state index in [0.29, 0.717) is 5.13 Å². The van der Waals surface area contributed by atoms with Crippen molar-refractivity contribution in [2.24, 2.45) is 10.8 Å². The lowest BCUT2D eigenvalue weighted by molar-refractivity contribution is -0.132. The number of fused-ring (bicyclic) bond motifs is 6. The van der Waals surface area contributed by atoms with Crippen molar-refractivity contribution >= 4 is 38.5 Å². The Labute approximate surface area is 137 Å². The van der Waals surface area contributed by atoms with Crippen LogP contribution in [0.4, 0.5) is 5.13 Å². The van der Waals surface area contributed by atoms with Gasteiger partial charge >= 0.3 is 0 Å². The standard InChI is InChI=1S/C17H16N2O3S/c1-16-11-7-8-12(22-11)17(16,2)14(21)19(13(16)20)15-18-9-5-3-4-6-10(9)23-15/h3-6,11-12H,7-8H2,1-2H3/t11-,12+,16-,17+. The predicted octanol–water partition coefficient (Wildman–Crippen LogP) is 2.74. The highest BCUT2D eigenvalue weighted by molar-refractivity contribution is 7.22. The van der Waals surface area contributed by atoms with E-state index in [2.05, 4.69) is 4.98 Å². The lowest BCUT2D eigenvalue weighted by Gasteiger charge is -2.36. The van der Waals surface area contributed by atoms with Gasteiger partial charge in [-0.3, -0.25) is 9.59 Å². The molecule has 0 saturated carbocycles. The van der Waals surface area contributed by atoms with E-state index in [0.717, 1.165) is 23.1 Å². The molecule has 2 aromatic rings. The van der Waals surface area contributed by atoms with Crippen molar-refractivity contribution in [3.8, 4) is 0 Å². The fourth-order valence-corrected chi connectivity index (χ4v) is 5.52. The molecule has 0 unspecified atom stereocenters. The smallest absolute Gasteiger partial charge is 0.245 e. The van der Waals surface area contributed by atoms with E-state index in [9.17, 15) is 9.59 Å². The first kappa shape index (κ1) is 13.6. The van der Waals surface area contributed by atoms with E-state index in [-0.39, 0.29) is 24.0 Å². The molecule has 4 heterocycles. The molecule has 1 aromatic heterocycles. The van der Waals surface area contributed by atoms with Gasteiger partial charge in [-0.25, -0.2) is 9.88 Å². The van der Waals surface area contributed by atoms with Crippen molar-refractivity contribution in [3.63, 3.8) is 0 Å². The summed E-state index contributed by atoms with van der Waals surface area (Å²) in [6.45, 7) is 3.79. The van der Waals surface area contributed by atoms with E-state index in [1.54, 1.807) is 0 Å². The second-order valence-corrected chi connectivity index (χ2v) is 8.01. The normalized spacial score (nSPS) is 38.8. The summed E-state index contributed by atoms with van der Waals surface area (Å²) in [6.07, 6.45) is 1.38. The van der Waals surface area contributed by atoms with Crippen molar-refractivity contribution < 1.29 is 14.3 Å². The number of imide groups is 1. The summed E-state index contributed by atoms with van der Waals surface area (Å²) in [5, 5.41) is 0.484. The molecular weight excluding hydrogens is 312 g/mol.